The van der Waals surface area contributed by atoms with Crippen molar-refractivity contribution in [1.29, 1.82) is 0 Å². The Morgan fingerprint density at radius 1 is 0.941 bits per heavy atom. The molecule has 0 aliphatic rings. The van der Waals surface area contributed by atoms with Crippen molar-refractivity contribution in [2.45, 2.75) is 13.0 Å². The maximum absolute atomic E-state index is 5.84. The average molecular weight is 245 g/mol. The van der Waals surface area contributed by atoms with Crippen LogP contribution in [0.4, 0.5) is 5.69 Å². The van der Waals surface area contributed by atoms with E-state index in [0.717, 1.165) is 16.3 Å². The maximum atomic E-state index is 5.84. The van der Waals surface area contributed by atoms with Crippen molar-refractivity contribution in [3.05, 3.63) is 65.2 Å². The standard InChI is InChI=1S/C14H13ClN2/c1-11(12-7-9-13(15)10-8-12)16-17-14-5-3-2-4-6-14/h2-11H,1H3. The second kappa shape index (κ2) is 5.60. The van der Waals surface area contributed by atoms with Crippen LogP contribution in [0.5, 0.6) is 0 Å². The highest BCUT2D eigenvalue weighted by molar-refractivity contribution is 6.30. The van der Waals surface area contributed by atoms with Gasteiger partial charge in [-0.05, 0) is 36.8 Å². The van der Waals surface area contributed by atoms with Gasteiger partial charge in [0.2, 0.25) is 0 Å². The number of hydrogen-bond donors (Lipinski definition) is 0. The summed E-state index contributed by atoms with van der Waals surface area (Å²) < 4.78 is 0. The lowest BCUT2D eigenvalue weighted by Gasteiger charge is -2.04. The summed E-state index contributed by atoms with van der Waals surface area (Å²) in [5.74, 6) is 0. The van der Waals surface area contributed by atoms with Crippen LogP contribution in [0.3, 0.4) is 0 Å². The molecular formula is C14H13ClN2. The van der Waals surface area contributed by atoms with E-state index in [2.05, 4.69) is 10.2 Å². The van der Waals surface area contributed by atoms with Gasteiger partial charge in [-0.3, -0.25) is 0 Å². The molecule has 0 bridgehead atoms. The van der Waals surface area contributed by atoms with E-state index in [1.54, 1.807) is 0 Å². The third-order valence-corrected chi connectivity index (χ3v) is 2.71. The molecule has 0 amide bonds. The Bertz CT molecular complexity index is 491. The Morgan fingerprint density at radius 2 is 1.59 bits per heavy atom. The van der Waals surface area contributed by atoms with Gasteiger partial charge in [0.1, 0.15) is 0 Å². The van der Waals surface area contributed by atoms with Crippen LogP contribution >= 0.6 is 11.6 Å². The van der Waals surface area contributed by atoms with Crippen LogP contribution in [0.25, 0.3) is 0 Å². The van der Waals surface area contributed by atoms with E-state index < -0.39 is 0 Å². The van der Waals surface area contributed by atoms with Crippen LogP contribution in [-0.2, 0) is 0 Å². The number of benzene rings is 2. The molecule has 0 saturated heterocycles. The van der Waals surface area contributed by atoms with E-state index in [0.29, 0.717) is 0 Å². The first-order valence-electron chi connectivity index (χ1n) is 5.47. The van der Waals surface area contributed by atoms with Gasteiger partial charge >= 0.3 is 0 Å². The number of halogens is 1. The minimum Gasteiger partial charge on any atom is -0.181 e. The topological polar surface area (TPSA) is 24.7 Å². The Kier molecular flexibility index (Phi) is 3.89. The number of azo groups is 1. The van der Waals surface area contributed by atoms with Crippen LogP contribution < -0.4 is 0 Å². The van der Waals surface area contributed by atoms with Crippen LogP contribution in [0.2, 0.25) is 5.02 Å². The Morgan fingerprint density at radius 3 is 2.24 bits per heavy atom. The van der Waals surface area contributed by atoms with Crippen LogP contribution in [-0.4, -0.2) is 0 Å². The summed E-state index contributed by atoms with van der Waals surface area (Å²) in [4.78, 5) is 0. The number of hydrogen-bond acceptors (Lipinski definition) is 2. The summed E-state index contributed by atoms with van der Waals surface area (Å²) in [6.07, 6.45) is 0. The summed E-state index contributed by atoms with van der Waals surface area (Å²) in [5.41, 5.74) is 1.97. The third-order valence-electron chi connectivity index (χ3n) is 2.46. The van der Waals surface area contributed by atoms with E-state index >= 15 is 0 Å². The fraction of sp³-hybridized carbons (Fsp3) is 0.143. The van der Waals surface area contributed by atoms with Gasteiger partial charge in [-0.15, -0.1) is 0 Å². The SMILES string of the molecule is CC(N=Nc1ccccc1)c1ccc(Cl)cc1. The number of rotatable bonds is 3. The molecule has 3 heteroatoms. The van der Waals surface area contributed by atoms with Gasteiger partial charge in [0.25, 0.3) is 0 Å². The summed E-state index contributed by atoms with van der Waals surface area (Å²) in [6, 6.07) is 17.4. The first-order chi connectivity index (χ1) is 8.25. The van der Waals surface area contributed by atoms with Crippen molar-refractivity contribution in [1.82, 2.24) is 0 Å². The second-order valence-electron chi connectivity index (χ2n) is 3.78. The zero-order valence-electron chi connectivity index (χ0n) is 9.55. The average Bonchev–Trinajstić information content (AvgIpc) is 2.38. The Hall–Kier alpha value is -1.67. The molecule has 1 atom stereocenters. The largest absolute Gasteiger partial charge is 0.181 e. The summed E-state index contributed by atoms with van der Waals surface area (Å²) >= 11 is 5.84. The molecule has 0 N–H and O–H groups in total. The third kappa shape index (κ3) is 3.40. The normalized spacial score (nSPS) is 12.8. The quantitative estimate of drug-likeness (QED) is 0.664. The van der Waals surface area contributed by atoms with Crippen LogP contribution in [0.1, 0.15) is 18.5 Å². The van der Waals surface area contributed by atoms with E-state index in [-0.39, 0.29) is 6.04 Å². The summed E-state index contributed by atoms with van der Waals surface area (Å²) in [6.45, 7) is 2.01. The minimum absolute atomic E-state index is 0.0347. The van der Waals surface area contributed by atoms with E-state index in [1.165, 1.54) is 0 Å². The molecule has 0 aromatic heterocycles. The van der Waals surface area contributed by atoms with Crippen molar-refractivity contribution >= 4 is 17.3 Å². The molecule has 86 valence electrons. The highest BCUT2D eigenvalue weighted by Crippen LogP contribution is 2.21. The first-order valence-corrected chi connectivity index (χ1v) is 5.85. The van der Waals surface area contributed by atoms with E-state index in [4.69, 9.17) is 11.6 Å². The van der Waals surface area contributed by atoms with Crippen molar-refractivity contribution in [3.63, 3.8) is 0 Å². The van der Waals surface area contributed by atoms with Gasteiger partial charge < -0.3 is 0 Å². The highest BCUT2D eigenvalue weighted by atomic mass is 35.5. The molecular weight excluding hydrogens is 232 g/mol. The molecule has 0 aliphatic heterocycles. The van der Waals surface area contributed by atoms with Gasteiger partial charge in [-0.25, -0.2) is 0 Å². The predicted molar refractivity (Wildman–Crippen MR) is 70.8 cm³/mol. The van der Waals surface area contributed by atoms with Gasteiger partial charge in [0.15, 0.2) is 0 Å². The van der Waals surface area contributed by atoms with Gasteiger partial charge in [0.05, 0.1) is 11.7 Å². The highest BCUT2D eigenvalue weighted by Gasteiger charge is 2.02. The molecule has 2 aromatic carbocycles. The minimum atomic E-state index is 0.0347. The van der Waals surface area contributed by atoms with E-state index in [1.807, 2.05) is 61.5 Å². The van der Waals surface area contributed by atoms with Crippen molar-refractivity contribution in [2.75, 3.05) is 0 Å². The number of nitrogens with zero attached hydrogens (tertiary/aromatic N) is 2. The fourth-order valence-corrected chi connectivity index (χ4v) is 1.58. The molecule has 17 heavy (non-hydrogen) atoms. The second-order valence-corrected chi connectivity index (χ2v) is 4.21. The van der Waals surface area contributed by atoms with Gasteiger partial charge in [-0.1, -0.05) is 41.9 Å². The molecule has 2 aromatic rings. The zero-order chi connectivity index (χ0) is 12.1. The molecule has 0 saturated carbocycles. The lowest BCUT2D eigenvalue weighted by Crippen LogP contribution is -1.87. The van der Waals surface area contributed by atoms with Crippen molar-refractivity contribution in [3.8, 4) is 0 Å². The molecule has 0 spiro atoms. The van der Waals surface area contributed by atoms with E-state index in [9.17, 15) is 0 Å². The van der Waals surface area contributed by atoms with Gasteiger partial charge in [-0.2, -0.15) is 10.2 Å². The molecule has 0 radical (unpaired) electrons. The predicted octanol–water partition coefficient (Wildman–Crippen LogP) is 5.18. The Balaban J connectivity index is 2.09. The molecule has 2 nitrogen and oxygen atoms in total. The maximum Gasteiger partial charge on any atom is 0.0934 e. The molecule has 0 aliphatic carbocycles. The molecule has 1 unspecified atom stereocenters. The fourth-order valence-electron chi connectivity index (χ4n) is 1.46. The smallest absolute Gasteiger partial charge is 0.0934 e. The lowest BCUT2D eigenvalue weighted by atomic mass is 10.1. The summed E-state index contributed by atoms with van der Waals surface area (Å²) in [7, 11) is 0. The molecule has 0 heterocycles. The summed E-state index contributed by atoms with van der Waals surface area (Å²) in [5, 5.41) is 9.21. The molecule has 0 fully saturated rings. The zero-order valence-corrected chi connectivity index (χ0v) is 10.3. The Labute approximate surface area is 106 Å². The van der Waals surface area contributed by atoms with Gasteiger partial charge in [0, 0.05) is 5.02 Å². The lowest BCUT2D eigenvalue weighted by molar-refractivity contribution is 0.764. The van der Waals surface area contributed by atoms with Crippen LogP contribution in [0, 0.1) is 0 Å². The first kappa shape index (κ1) is 11.8. The molecule has 2 rings (SSSR count). The van der Waals surface area contributed by atoms with Crippen molar-refractivity contribution < 1.29 is 0 Å². The van der Waals surface area contributed by atoms with Crippen molar-refractivity contribution in [2.24, 2.45) is 10.2 Å². The van der Waals surface area contributed by atoms with Crippen LogP contribution in [0.15, 0.2) is 64.8 Å². The monoisotopic (exact) mass is 244 g/mol.